The Labute approximate surface area is 187 Å². The van der Waals surface area contributed by atoms with Gasteiger partial charge in [0, 0.05) is 20.7 Å². The second kappa shape index (κ2) is 9.03. The van der Waals surface area contributed by atoms with Gasteiger partial charge in [0.05, 0.1) is 11.4 Å². The van der Waals surface area contributed by atoms with E-state index in [0.29, 0.717) is 10.6 Å². The molecular weight excluding hydrogens is 489 g/mol. The Bertz CT molecular complexity index is 1190. The molecule has 1 aromatic heterocycles. The van der Waals surface area contributed by atoms with E-state index >= 15 is 0 Å². The topological polar surface area (TPSA) is 48.7 Å². The quantitative estimate of drug-likeness (QED) is 0.233. The summed E-state index contributed by atoms with van der Waals surface area (Å²) in [5, 5.41) is 15.5. The number of hydrogen-bond acceptors (Lipinski definition) is 4. The molecule has 1 N–H and O–H groups in total. The Hall–Kier alpha value is -2.95. The Morgan fingerprint density at radius 2 is 1.55 bits per heavy atom. The fourth-order valence-electron chi connectivity index (χ4n) is 2.86. The molecule has 5 heteroatoms. The zero-order valence-corrected chi connectivity index (χ0v) is 18.3. The van der Waals surface area contributed by atoms with Gasteiger partial charge in [0.2, 0.25) is 0 Å². The third-order valence-corrected chi connectivity index (χ3v) is 6.20. The van der Waals surface area contributed by atoms with Gasteiger partial charge in [-0.05, 0) is 45.9 Å². The van der Waals surface area contributed by atoms with Crippen LogP contribution in [-0.4, -0.2) is 4.98 Å². The first-order chi connectivity index (χ1) is 14.2. The minimum absolute atomic E-state index is 0.516. The van der Waals surface area contributed by atoms with Crippen LogP contribution in [0.1, 0.15) is 5.01 Å². The van der Waals surface area contributed by atoms with Crippen LogP contribution in [0.3, 0.4) is 0 Å². The van der Waals surface area contributed by atoms with E-state index in [-0.39, 0.29) is 0 Å². The third kappa shape index (κ3) is 4.56. The predicted octanol–water partition coefficient (Wildman–Crippen LogP) is 7.06. The van der Waals surface area contributed by atoms with Gasteiger partial charge in [0.25, 0.3) is 0 Å². The summed E-state index contributed by atoms with van der Waals surface area (Å²) in [5.41, 5.74) is 5.75. The molecule has 0 spiro atoms. The van der Waals surface area contributed by atoms with Gasteiger partial charge in [0.15, 0.2) is 0 Å². The maximum atomic E-state index is 9.58. The number of aromatic nitrogens is 1. The Morgan fingerprint density at radius 3 is 2.28 bits per heavy atom. The average molecular weight is 505 g/mol. The van der Waals surface area contributed by atoms with Crippen LogP contribution in [0.2, 0.25) is 0 Å². The van der Waals surface area contributed by atoms with E-state index in [1.165, 1.54) is 22.5 Å². The lowest BCUT2D eigenvalue weighted by atomic mass is 10.0. The van der Waals surface area contributed by atoms with Crippen molar-refractivity contribution in [2.24, 2.45) is 0 Å². The minimum Gasteiger partial charge on any atom is -0.359 e. The molecule has 4 aromatic rings. The standard InChI is InChI=1S/C24H16IN3S/c25-21-8-4-5-9-22(21)27-15-20(14-26)24-28-23(16-29-24)19-12-10-18(11-13-19)17-6-2-1-3-7-17/h1-13,15-16,27H/b20-15+. The van der Waals surface area contributed by atoms with Crippen molar-refractivity contribution in [3.63, 3.8) is 0 Å². The van der Waals surface area contributed by atoms with Crippen molar-refractivity contribution in [2.45, 2.75) is 0 Å². The van der Waals surface area contributed by atoms with E-state index in [0.717, 1.165) is 20.5 Å². The molecule has 0 unspecified atom stereocenters. The van der Waals surface area contributed by atoms with Gasteiger partial charge < -0.3 is 5.32 Å². The zero-order valence-electron chi connectivity index (χ0n) is 15.3. The lowest BCUT2D eigenvalue weighted by Crippen LogP contribution is -1.93. The van der Waals surface area contributed by atoms with E-state index in [2.05, 4.69) is 75.4 Å². The van der Waals surface area contributed by atoms with Crippen LogP contribution in [0.15, 0.2) is 90.4 Å². The van der Waals surface area contributed by atoms with Crippen molar-refractivity contribution in [1.82, 2.24) is 4.98 Å². The van der Waals surface area contributed by atoms with Crippen LogP contribution >= 0.6 is 33.9 Å². The van der Waals surface area contributed by atoms with Crippen molar-refractivity contribution in [1.29, 1.82) is 5.26 Å². The van der Waals surface area contributed by atoms with Gasteiger partial charge in [-0.3, -0.25) is 0 Å². The van der Waals surface area contributed by atoms with Crippen LogP contribution in [0.5, 0.6) is 0 Å². The Kier molecular flexibility index (Phi) is 6.03. The van der Waals surface area contributed by atoms with E-state index in [1.807, 2.05) is 47.8 Å². The number of nitrogens with zero attached hydrogens (tertiary/aromatic N) is 2. The number of halogens is 1. The van der Waals surface area contributed by atoms with Gasteiger partial charge in [-0.25, -0.2) is 4.98 Å². The number of para-hydroxylation sites is 1. The smallest absolute Gasteiger partial charge is 0.136 e. The molecule has 0 amide bonds. The summed E-state index contributed by atoms with van der Waals surface area (Å²) in [7, 11) is 0. The van der Waals surface area contributed by atoms with Crippen molar-refractivity contribution < 1.29 is 0 Å². The predicted molar refractivity (Wildman–Crippen MR) is 129 cm³/mol. The molecule has 0 atom stereocenters. The van der Waals surface area contributed by atoms with Crippen LogP contribution in [0.25, 0.3) is 28.0 Å². The summed E-state index contributed by atoms with van der Waals surface area (Å²) < 4.78 is 1.09. The Morgan fingerprint density at radius 1 is 0.897 bits per heavy atom. The summed E-state index contributed by atoms with van der Waals surface area (Å²) in [5.74, 6) is 0. The second-order valence-corrected chi connectivity index (χ2v) is 8.30. The Balaban J connectivity index is 1.55. The number of rotatable bonds is 5. The highest BCUT2D eigenvalue weighted by atomic mass is 127. The normalized spacial score (nSPS) is 11.1. The molecule has 0 aliphatic heterocycles. The van der Waals surface area contributed by atoms with Gasteiger partial charge in [-0.1, -0.05) is 66.7 Å². The van der Waals surface area contributed by atoms with Gasteiger partial charge >= 0.3 is 0 Å². The monoisotopic (exact) mass is 505 g/mol. The fraction of sp³-hybridized carbons (Fsp3) is 0. The van der Waals surface area contributed by atoms with Crippen molar-refractivity contribution in [3.05, 3.63) is 99.0 Å². The number of hydrogen-bond donors (Lipinski definition) is 1. The lowest BCUT2D eigenvalue weighted by molar-refractivity contribution is 1.36. The highest BCUT2D eigenvalue weighted by Gasteiger charge is 2.09. The summed E-state index contributed by atoms with van der Waals surface area (Å²) >= 11 is 3.74. The molecular formula is C24H16IN3S. The third-order valence-electron chi connectivity index (χ3n) is 4.39. The summed E-state index contributed by atoms with van der Waals surface area (Å²) in [6.45, 7) is 0. The van der Waals surface area contributed by atoms with Crippen LogP contribution < -0.4 is 5.32 Å². The van der Waals surface area contributed by atoms with Gasteiger partial charge in [0.1, 0.15) is 16.6 Å². The molecule has 0 bridgehead atoms. The van der Waals surface area contributed by atoms with E-state index in [9.17, 15) is 5.26 Å². The fourth-order valence-corrected chi connectivity index (χ4v) is 4.20. The van der Waals surface area contributed by atoms with Crippen LogP contribution in [0.4, 0.5) is 5.69 Å². The molecule has 0 saturated heterocycles. The summed E-state index contributed by atoms with van der Waals surface area (Å²) in [4.78, 5) is 4.67. The maximum absolute atomic E-state index is 9.58. The first-order valence-electron chi connectivity index (χ1n) is 8.98. The van der Waals surface area contributed by atoms with Crippen LogP contribution in [-0.2, 0) is 0 Å². The highest BCUT2D eigenvalue weighted by molar-refractivity contribution is 14.1. The van der Waals surface area contributed by atoms with Crippen molar-refractivity contribution in [3.8, 4) is 28.5 Å². The van der Waals surface area contributed by atoms with E-state index < -0.39 is 0 Å². The van der Waals surface area contributed by atoms with Crippen LogP contribution in [0, 0.1) is 14.9 Å². The zero-order chi connectivity index (χ0) is 20.1. The molecule has 0 fully saturated rings. The highest BCUT2D eigenvalue weighted by Crippen LogP contribution is 2.28. The first-order valence-corrected chi connectivity index (χ1v) is 10.9. The van der Waals surface area contributed by atoms with Gasteiger partial charge in [-0.15, -0.1) is 11.3 Å². The molecule has 0 saturated carbocycles. The molecule has 1 heterocycles. The summed E-state index contributed by atoms with van der Waals surface area (Å²) in [6.07, 6.45) is 1.72. The molecule has 0 radical (unpaired) electrons. The molecule has 4 rings (SSSR count). The number of nitrogens with one attached hydrogen (secondary N) is 1. The van der Waals surface area contributed by atoms with Gasteiger partial charge in [-0.2, -0.15) is 5.26 Å². The molecule has 3 aromatic carbocycles. The largest absolute Gasteiger partial charge is 0.359 e. The molecule has 140 valence electrons. The number of allylic oxidation sites excluding steroid dienone is 1. The average Bonchev–Trinajstić information content (AvgIpc) is 3.26. The number of benzene rings is 3. The van der Waals surface area contributed by atoms with E-state index in [1.54, 1.807) is 6.20 Å². The van der Waals surface area contributed by atoms with E-state index in [4.69, 9.17) is 0 Å². The maximum Gasteiger partial charge on any atom is 0.136 e. The molecule has 29 heavy (non-hydrogen) atoms. The van der Waals surface area contributed by atoms with Crippen molar-refractivity contribution in [2.75, 3.05) is 5.32 Å². The molecule has 0 aliphatic rings. The second-order valence-electron chi connectivity index (χ2n) is 6.28. The molecule has 3 nitrogen and oxygen atoms in total. The molecule has 0 aliphatic carbocycles. The summed E-state index contributed by atoms with van der Waals surface area (Å²) in [6, 6.07) is 28.8. The first kappa shape index (κ1) is 19.4. The SMILES string of the molecule is N#C/C(=C\Nc1ccccc1I)c1nc(-c2ccc(-c3ccccc3)cc2)cs1. The minimum atomic E-state index is 0.516. The van der Waals surface area contributed by atoms with Crippen molar-refractivity contribution >= 4 is 45.2 Å². The lowest BCUT2D eigenvalue weighted by Gasteiger charge is -2.04. The number of nitriles is 1. The number of anilines is 1. The number of thiazole rings is 1.